The molecule has 4 atom stereocenters. The highest BCUT2D eigenvalue weighted by atomic mass is 16.1. The number of Topliss-reactive ketones (excluding diaryl/α,β-unsaturated/α-hetero) is 1. The third-order valence-corrected chi connectivity index (χ3v) is 3.89. The lowest BCUT2D eigenvalue weighted by molar-refractivity contribution is -0.128. The first kappa shape index (κ1) is 13.7. The molecule has 0 aliphatic carbocycles. The molecule has 84 valence electrons. The highest BCUT2D eigenvalue weighted by molar-refractivity contribution is 5.83. The molecular weight excluding hydrogens is 172 g/mol. The SMILES string of the molecule is CCC(C)C(C)C(=O)C(C)C(C)CC. The van der Waals surface area contributed by atoms with Gasteiger partial charge in [-0.15, -0.1) is 0 Å². The van der Waals surface area contributed by atoms with Crippen LogP contribution in [0.5, 0.6) is 0 Å². The van der Waals surface area contributed by atoms with E-state index < -0.39 is 0 Å². The Morgan fingerprint density at radius 3 is 1.36 bits per heavy atom. The summed E-state index contributed by atoms with van der Waals surface area (Å²) in [7, 11) is 0. The predicted molar refractivity (Wildman–Crippen MR) is 62.2 cm³/mol. The van der Waals surface area contributed by atoms with Crippen molar-refractivity contribution in [3.05, 3.63) is 0 Å². The summed E-state index contributed by atoms with van der Waals surface area (Å²) >= 11 is 0. The first-order valence-electron chi connectivity index (χ1n) is 5.99. The molecule has 0 rings (SSSR count). The molecule has 0 saturated carbocycles. The van der Waals surface area contributed by atoms with Crippen molar-refractivity contribution in [3.63, 3.8) is 0 Å². The summed E-state index contributed by atoms with van der Waals surface area (Å²) in [5.74, 6) is 1.95. The summed E-state index contributed by atoms with van der Waals surface area (Å²) in [5.41, 5.74) is 0. The Bertz CT molecular complexity index is 156. The van der Waals surface area contributed by atoms with Crippen molar-refractivity contribution in [1.82, 2.24) is 0 Å². The molecule has 0 aliphatic heterocycles. The largest absolute Gasteiger partial charge is 0.299 e. The van der Waals surface area contributed by atoms with Crippen molar-refractivity contribution in [1.29, 1.82) is 0 Å². The lowest BCUT2D eigenvalue weighted by Crippen LogP contribution is -2.28. The Morgan fingerprint density at radius 2 is 1.14 bits per heavy atom. The van der Waals surface area contributed by atoms with Gasteiger partial charge in [0, 0.05) is 11.8 Å². The van der Waals surface area contributed by atoms with Gasteiger partial charge in [-0.3, -0.25) is 4.79 Å². The molecule has 0 bridgehead atoms. The van der Waals surface area contributed by atoms with Crippen LogP contribution in [0.15, 0.2) is 0 Å². The fourth-order valence-electron chi connectivity index (χ4n) is 1.68. The van der Waals surface area contributed by atoms with Crippen LogP contribution in [0.4, 0.5) is 0 Å². The van der Waals surface area contributed by atoms with Gasteiger partial charge in [0.1, 0.15) is 5.78 Å². The molecule has 14 heavy (non-hydrogen) atoms. The Balaban J connectivity index is 4.31. The zero-order valence-electron chi connectivity index (χ0n) is 10.6. The predicted octanol–water partition coefficient (Wildman–Crippen LogP) is 3.92. The fraction of sp³-hybridized carbons (Fsp3) is 0.923. The first-order valence-corrected chi connectivity index (χ1v) is 5.99. The minimum absolute atomic E-state index is 0.226. The minimum atomic E-state index is 0.226. The second-order valence-corrected chi connectivity index (χ2v) is 4.75. The van der Waals surface area contributed by atoms with E-state index >= 15 is 0 Å². The van der Waals surface area contributed by atoms with Crippen molar-refractivity contribution < 1.29 is 4.79 Å². The molecule has 0 radical (unpaired) electrons. The van der Waals surface area contributed by atoms with Crippen LogP contribution >= 0.6 is 0 Å². The third kappa shape index (κ3) is 3.43. The number of carbonyl (C=O) groups excluding carboxylic acids is 1. The van der Waals surface area contributed by atoms with E-state index in [2.05, 4.69) is 41.5 Å². The van der Waals surface area contributed by atoms with Gasteiger partial charge in [0.15, 0.2) is 0 Å². The molecule has 1 nitrogen and oxygen atoms in total. The smallest absolute Gasteiger partial charge is 0.139 e. The van der Waals surface area contributed by atoms with Crippen molar-refractivity contribution in [2.75, 3.05) is 0 Å². The second-order valence-electron chi connectivity index (χ2n) is 4.75. The molecule has 0 aromatic carbocycles. The van der Waals surface area contributed by atoms with Crippen molar-refractivity contribution >= 4 is 5.78 Å². The quantitative estimate of drug-likeness (QED) is 0.632. The standard InChI is InChI=1S/C13H26O/c1-7-9(3)11(5)13(14)12(6)10(4)8-2/h9-12H,7-8H2,1-6H3. The van der Waals surface area contributed by atoms with E-state index in [0.717, 1.165) is 12.8 Å². The van der Waals surface area contributed by atoms with E-state index in [1.165, 1.54) is 0 Å². The molecule has 0 aromatic heterocycles. The molecule has 0 spiro atoms. The minimum Gasteiger partial charge on any atom is -0.299 e. The topological polar surface area (TPSA) is 17.1 Å². The fourth-order valence-corrected chi connectivity index (χ4v) is 1.68. The molecule has 0 amide bonds. The van der Waals surface area contributed by atoms with Gasteiger partial charge in [-0.2, -0.15) is 0 Å². The summed E-state index contributed by atoms with van der Waals surface area (Å²) in [4.78, 5) is 12.0. The van der Waals surface area contributed by atoms with E-state index in [4.69, 9.17) is 0 Å². The zero-order valence-corrected chi connectivity index (χ0v) is 10.6. The van der Waals surface area contributed by atoms with E-state index in [1.807, 2.05) is 0 Å². The third-order valence-electron chi connectivity index (χ3n) is 3.89. The van der Waals surface area contributed by atoms with E-state index in [1.54, 1.807) is 0 Å². The van der Waals surface area contributed by atoms with Gasteiger partial charge in [-0.1, -0.05) is 54.4 Å². The van der Waals surface area contributed by atoms with Gasteiger partial charge in [-0.05, 0) is 11.8 Å². The van der Waals surface area contributed by atoms with Crippen molar-refractivity contribution in [3.8, 4) is 0 Å². The summed E-state index contributed by atoms with van der Waals surface area (Å²) in [6.45, 7) is 12.8. The number of hydrogen-bond donors (Lipinski definition) is 0. The molecule has 0 heterocycles. The maximum absolute atomic E-state index is 12.0. The Morgan fingerprint density at radius 1 is 0.857 bits per heavy atom. The van der Waals surface area contributed by atoms with Crippen LogP contribution in [0.3, 0.4) is 0 Å². The van der Waals surface area contributed by atoms with Crippen LogP contribution in [0.1, 0.15) is 54.4 Å². The Hall–Kier alpha value is -0.330. The van der Waals surface area contributed by atoms with E-state index in [0.29, 0.717) is 17.6 Å². The van der Waals surface area contributed by atoms with Crippen LogP contribution in [0.25, 0.3) is 0 Å². The first-order chi connectivity index (χ1) is 6.45. The van der Waals surface area contributed by atoms with Crippen LogP contribution in [0, 0.1) is 23.7 Å². The normalized spacial score (nSPS) is 19.9. The van der Waals surface area contributed by atoms with Crippen LogP contribution in [-0.2, 0) is 4.79 Å². The van der Waals surface area contributed by atoms with Gasteiger partial charge in [0.2, 0.25) is 0 Å². The van der Waals surface area contributed by atoms with Crippen molar-refractivity contribution in [2.24, 2.45) is 23.7 Å². The van der Waals surface area contributed by atoms with Gasteiger partial charge < -0.3 is 0 Å². The Labute approximate surface area is 89.3 Å². The highest BCUT2D eigenvalue weighted by Gasteiger charge is 2.26. The zero-order chi connectivity index (χ0) is 11.3. The number of hydrogen-bond acceptors (Lipinski definition) is 1. The molecule has 0 aliphatic rings. The summed E-state index contributed by atoms with van der Waals surface area (Å²) in [6.07, 6.45) is 2.19. The molecular formula is C13H26O. The lowest BCUT2D eigenvalue weighted by Gasteiger charge is -2.24. The summed E-state index contributed by atoms with van der Waals surface area (Å²) in [5, 5.41) is 0. The van der Waals surface area contributed by atoms with Crippen LogP contribution in [0.2, 0.25) is 0 Å². The highest BCUT2D eigenvalue weighted by Crippen LogP contribution is 2.24. The van der Waals surface area contributed by atoms with Gasteiger partial charge in [-0.25, -0.2) is 0 Å². The second kappa shape index (κ2) is 6.21. The molecule has 4 unspecified atom stereocenters. The van der Waals surface area contributed by atoms with Crippen LogP contribution < -0.4 is 0 Å². The van der Waals surface area contributed by atoms with Gasteiger partial charge in [0.05, 0.1) is 0 Å². The monoisotopic (exact) mass is 198 g/mol. The van der Waals surface area contributed by atoms with E-state index in [-0.39, 0.29) is 11.8 Å². The molecule has 0 N–H and O–H groups in total. The summed E-state index contributed by atoms with van der Waals surface area (Å²) in [6, 6.07) is 0. The molecule has 0 saturated heterocycles. The molecule has 0 fully saturated rings. The number of carbonyl (C=O) groups is 1. The Kier molecular flexibility index (Phi) is 6.06. The molecule has 1 heteroatoms. The van der Waals surface area contributed by atoms with Gasteiger partial charge >= 0.3 is 0 Å². The van der Waals surface area contributed by atoms with E-state index in [9.17, 15) is 4.79 Å². The molecule has 0 aromatic rings. The van der Waals surface area contributed by atoms with Gasteiger partial charge in [0.25, 0.3) is 0 Å². The number of rotatable bonds is 6. The maximum Gasteiger partial charge on any atom is 0.139 e. The van der Waals surface area contributed by atoms with Crippen LogP contribution in [-0.4, -0.2) is 5.78 Å². The lowest BCUT2D eigenvalue weighted by atomic mass is 9.79. The maximum atomic E-state index is 12.0. The van der Waals surface area contributed by atoms with Crippen molar-refractivity contribution in [2.45, 2.75) is 54.4 Å². The average molecular weight is 198 g/mol. The average Bonchev–Trinajstić information content (AvgIpc) is 2.23. The number of ketones is 1. The summed E-state index contributed by atoms with van der Waals surface area (Å²) < 4.78 is 0.